The lowest BCUT2D eigenvalue weighted by molar-refractivity contribution is -0.143. The van der Waals surface area contributed by atoms with Gasteiger partial charge in [0.05, 0.1) is 11.9 Å². The van der Waals surface area contributed by atoms with Gasteiger partial charge in [0.1, 0.15) is 11.6 Å². The van der Waals surface area contributed by atoms with Gasteiger partial charge in [-0.1, -0.05) is 37.8 Å². The molecule has 4 nitrogen and oxygen atoms in total. The highest BCUT2D eigenvalue weighted by Gasteiger charge is 2.29. The van der Waals surface area contributed by atoms with E-state index >= 15 is 0 Å². The van der Waals surface area contributed by atoms with Crippen molar-refractivity contribution < 1.29 is 13.2 Å². The Balaban J connectivity index is 2.67. The summed E-state index contributed by atoms with van der Waals surface area (Å²) in [5.74, 6) is 0. The van der Waals surface area contributed by atoms with Gasteiger partial charge in [-0.25, -0.2) is 4.68 Å². The number of nitrogens with zero attached hydrogens (tertiary/aromatic N) is 2. The molecule has 0 amide bonds. The van der Waals surface area contributed by atoms with Crippen molar-refractivity contribution in [1.29, 1.82) is 0 Å². The molecule has 1 N–H and O–H groups in total. The third-order valence-electron chi connectivity index (χ3n) is 2.66. The van der Waals surface area contributed by atoms with Crippen LogP contribution in [-0.4, -0.2) is 22.5 Å². The highest BCUT2D eigenvalue weighted by molar-refractivity contribution is 6.32. The van der Waals surface area contributed by atoms with Crippen LogP contribution in [0.1, 0.15) is 32.6 Å². The second-order valence-corrected chi connectivity index (χ2v) is 4.82. The number of alkyl halides is 3. The number of anilines is 1. The molecule has 20 heavy (non-hydrogen) atoms. The van der Waals surface area contributed by atoms with E-state index in [-0.39, 0.29) is 10.7 Å². The zero-order valence-electron chi connectivity index (χ0n) is 11.1. The molecule has 1 rings (SSSR count). The van der Waals surface area contributed by atoms with Crippen molar-refractivity contribution in [3.8, 4) is 0 Å². The van der Waals surface area contributed by atoms with Crippen LogP contribution in [0, 0.1) is 0 Å². The zero-order valence-corrected chi connectivity index (χ0v) is 11.9. The molecule has 0 atom stereocenters. The summed E-state index contributed by atoms with van der Waals surface area (Å²) >= 11 is 5.76. The molecule has 0 radical (unpaired) electrons. The van der Waals surface area contributed by atoms with Gasteiger partial charge >= 0.3 is 6.18 Å². The fourth-order valence-electron chi connectivity index (χ4n) is 1.65. The topological polar surface area (TPSA) is 46.9 Å². The molecule has 1 aromatic heterocycles. The molecular weight excluding hydrogens is 295 g/mol. The van der Waals surface area contributed by atoms with E-state index in [1.165, 1.54) is 0 Å². The molecular formula is C12H17ClF3N3O. The Hall–Kier alpha value is -1.24. The van der Waals surface area contributed by atoms with Crippen LogP contribution in [0.4, 0.5) is 18.9 Å². The van der Waals surface area contributed by atoms with Gasteiger partial charge < -0.3 is 5.32 Å². The smallest absolute Gasteiger partial charge is 0.382 e. The molecule has 8 heteroatoms. The number of hydrogen-bond acceptors (Lipinski definition) is 3. The van der Waals surface area contributed by atoms with E-state index in [2.05, 4.69) is 17.3 Å². The predicted octanol–water partition coefficient (Wildman–Crippen LogP) is 3.45. The van der Waals surface area contributed by atoms with Gasteiger partial charge in [0.15, 0.2) is 0 Å². The van der Waals surface area contributed by atoms with Crippen LogP contribution in [0.2, 0.25) is 5.02 Å². The fourth-order valence-corrected chi connectivity index (χ4v) is 1.86. The lowest BCUT2D eigenvalue weighted by atomic mass is 10.2. The second-order valence-electron chi connectivity index (χ2n) is 4.44. The molecule has 0 aliphatic heterocycles. The van der Waals surface area contributed by atoms with Crippen LogP contribution in [0.15, 0.2) is 11.0 Å². The Kier molecular flexibility index (Phi) is 6.32. The van der Waals surface area contributed by atoms with Gasteiger partial charge in [0.2, 0.25) is 0 Å². The molecule has 0 fully saturated rings. The van der Waals surface area contributed by atoms with Gasteiger partial charge in [-0.3, -0.25) is 4.79 Å². The van der Waals surface area contributed by atoms with E-state index in [9.17, 15) is 18.0 Å². The second kappa shape index (κ2) is 7.52. The summed E-state index contributed by atoms with van der Waals surface area (Å²) < 4.78 is 37.0. The minimum Gasteiger partial charge on any atom is -0.382 e. The number of rotatable bonds is 7. The van der Waals surface area contributed by atoms with E-state index in [1.54, 1.807) is 0 Å². The maximum atomic E-state index is 12.2. The zero-order chi connectivity index (χ0) is 15.2. The molecule has 0 aliphatic rings. The maximum Gasteiger partial charge on any atom is 0.408 e. The number of aromatic nitrogens is 2. The van der Waals surface area contributed by atoms with Gasteiger partial charge in [0, 0.05) is 6.54 Å². The normalized spacial score (nSPS) is 11.7. The van der Waals surface area contributed by atoms with Crippen molar-refractivity contribution in [3.63, 3.8) is 0 Å². The third kappa shape index (κ3) is 5.40. The quantitative estimate of drug-likeness (QED) is 0.785. The van der Waals surface area contributed by atoms with Gasteiger partial charge in [-0.05, 0) is 6.42 Å². The summed E-state index contributed by atoms with van der Waals surface area (Å²) in [5, 5.41) is 6.13. The molecule has 0 aromatic carbocycles. The highest BCUT2D eigenvalue weighted by atomic mass is 35.5. The highest BCUT2D eigenvalue weighted by Crippen LogP contribution is 2.19. The van der Waals surface area contributed by atoms with Crippen molar-refractivity contribution in [2.75, 3.05) is 11.9 Å². The average Bonchev–Trinajstić information content (AvgIpc) is 2.36. The minimum absolute atomic E-state index is 0.264. The Labute approximate surface area is 119 Å². The lowest BCUT2D eigenvalue weighted by Crippen LogP contribution is -2.30. The summed E-state index contributed by atoms with van der Waals surface area (Å²) in [5.41, 5.74) is -0.672. The first kappa shape index (κ1) is 16.8. The van der Waals surface area contributed by atoms with Crippen molar-refractivity contribution in [2.24, 2.45) is 0 Å². The van der Waals surface area contributed by atoms with Crippen molar-refractivity contribution >= 4 is 17.3 Å². The standard InChI is InChI=1S/C12H17ClF3N3O/c1-2-3-4-5-6-17-9-7-18-19(8-12(14,15)16)11(20)10(9)13/h7,17H,2-6,8H2,1H3. The first-order valence-corrected chi connectivity index (χ1v) is 6.79. The van der Waals surface area contributed by atoms with Crippen LogP contribution < -0.4 is 10.9 Å². The summed E-state index contributed by atoms with van der Waals surface area (Å²) in [7, 11) is 0. The van der Waals surface area contributed by atoms with Crippen molar-refractivity contribution in [3.05, 3.63) is 21.6 Å². The molecule has 1 heterocycles. The van der Waals surface area contributed by atoms with Gasteiger partial charge in [-0.15, -0.1) is 0 Å². The molecule has 0 unspecified atom stereocenters. The maximum absolute atomic E-state index is 12.2. The largest absolute Gasteiger partial charge is 0.408 e. The van der Waals surface area contributed by atoms with Gasteiger partial charge in [0.25, 0.3) is 5.56 Å². The van der Waals surface area contributed by atoms with E-state index in [0.717, 1.165) is 31.9 Å². The molecule has 0 saturated heterocycles. The van der Waals surface area contributed by atoms with E-state index in [0.29, 0.717) is 11.2 Å². The first-order valence-electron chi connectivity index (χ1n) is 6.41. The van der Waals surface area contributed by atoms with E-state index < -0.39 is 18.3 Å². The summed E-state index contributed by atoms with van der Waals surface area (Å²) in [6.45, 7) is 1.25. The molecule has 1 aromatic rings. The Bertz CT molecular complexity index is 488. The molecule has 114 valence electrons. The Morgan fingerprint density at radius 2 is 2.05 bits per heavy atom. The summed E-state index contributed by atoms with van der Waals surface area (Å²) in [6, 6.07) is 0. The average molecular weight is 312 g/mol. The summed E-state index contributed by atoms with van der Waals surface area (Å²) in [6.07, 6.45) is 0.802. The molecule has 0 bridgehead atoms. The SMILES string of the molecule is CCCCCCNc1cnn(CC(F)(F)F)c(=O)c1Cl. The van der Waals surface area contributed by atoms with Crippen molar-refractivity contribution in [2.45, 2.75) is 45.3 Å². The molecule has 0 saturated carbocycles. The van der Waals surface area contributed by atoms with Crippen molar-refractivity contribution in [1.82, 2.24) is 9.78 Å². The third-order valence-corrected chi connectivity index (χ3v) is 3.02. The van der Waals surface area contributed by atoms with Crippen LogP contribution >= 0.6 is 11.6 Å². The molecule has 0 spiro atoms. The van der Waals surface area contributed by atoms with Gasteiger partial charge in [-0.2, -0.15) is 18.3 Å². The lowest BCUT2D eigenvalue weighted by Gasteiger charge is -2.11. The first-order chi connectivity index (χ1) is 9.35. The van der Waals surface area contributed by atoms with Crippen LogP contribution in [0.25, 0.3) is 0 Å². The van der Waals surface area contributed by atoms with Crippen LogP contribution in [0.5, 0.6) is 0 Å². The monoisotopic (exact) mass is 311 g/mol. The van der Waals surface area contributed by atoms with E-state index in [4.69, 9.17) is 11.6 Å². The molecule has 0 aliphatic carbocycles. The number of unbranched alkanes of at least 4 members (excludes halogenated alkanes) is 3. The summed E-state index contributed by atoms with van der Waals surface area (Å²) in [4.78, 5) is 11.6. The Morgan fingerprint density at radius 3 is 2.65 bits per heavy atom. The number of nitrogens with one attached hydrogen (secondary N) is 1. The predicted molar refractivity (Wildman–Crippen MR) is 72.2 cm³/mol. The fraction of sp³-hybridized carbons (Fsp3) is 0.667. The number of halogens is 4. The minimum atomic E-state index is -4.50. The number of hydrogen-bond donors (Lipinski definition) is 1. The van der Waals surface area contributed by atoms with E-state index in [1.807, 2.05) is 0 Å². The van der Waals surface area contributed by atoms with Crippen LogP contribution in [0.3, 0.4) is 0 Å². The Morgan fingerprint density at radius 1 is 1.35 bits per heavy atom. The van der Waals surface area contributed by atoms with Crippen LogP contribution in [-0.2, 0) is 6.54 Å².